The van der Waals surface area contributed by atoms with Crippen molar-refractivity contribution in [1.29, 1.82) is 0 Å². The van der Waals surface area contributed by atoms with E-state index in [1.165, 1.54) is 0 Å². The van der Waals surface area contributed by atoms with E-state index >= 15 is 0 Å². The van der Waals surface area contributed by atoms with Gasteiger partial charge >= 0.3 is 6.29 Å². The van der Waals surface area contributed by atoms with Crippen molar-refractivity contribution in [3.63, 3.8) is 0 Å². The van der Waals surface area contributed by atoms with E-state index < -0.39 is 6.29 Å². The average Bonchev–Trinajstić information content (AvgIpc) is 1.35. The summed E-state index contributed by atoms with van der Waals surface area (Å²) in [4.78, 5) is 0. The van der Waals surface area contributed by atoms with Crippen LogP contribution in [0.15, 0.2) is 0 Å². The van der Waals surface area contributed by atoms with Gasteiger partial charge in [0.05, 0.1) is 7.11 Å². The quantitative estimate of drug-likeness (QED) is 0.443. The lowest BCUT2D eigenvalue weighted by molar-refractivity contribution is -0.381. The number of rotatable bonds is 1. The normalized spacial score (nSPS) is 12.0. The molecule has 0 aromatic rings. The number of halogens is 2. The Hall–Kier alpha value is -0.220. The topological polar surface area (TPSA) is 29.1 Å². The molecule has 0 fully saturated rings. The molecule has 0 spiro atoms. The van der Waals surface area contributed by atoms with Crippen molar-refractivity contribution in [1.82, 2.24) is 0 Å². The SMILES string of the molecule is [CH2]OC([O])(F)F. The Labute approximate surface area is 33.3 Å². The van der Waals surface area contributed by atoms with E-state index in [0.717, 1.165) is 0 Å². The molecule has 0 aromatic carbocycles. The Morgan fingerprint density at radius 1 is 1.67 bits per heavy atom. The van der Waals surface area contributed by atoms with Crippen LogP contribution in [0.2, 0.25) is 0 Å². The molecule has 0 unspecified atom stereocenters. The van der Waals surface area contributed by atoms with Crippen LogP contribution in [0, 0.1) is 7.11 Å². The number of hydrogen-bond donors (Lipinski definition) is 0. The number of alkyl halides is 2. The third kappa shape index (κ3) is 3.78. The molecule has 4 heteroatoms. The van der Waals surface area contributed by atoms with Crippen molar-refractivity contribution < 1.29 is 18.6 Å². The van der Waals surface area contributed by atoms with E-state index in [1.807, 2.05) is 0 Å². The van der Waals surface area contributed by atoms with Crippen molar-refractivity contribution in [3.8, 4) is 0 Å². The predicted octanol–water partition coefficient (Wildman–Crippen LogP) is 0.775. The summed E-state index contributed by atoms with van der Waals surface area (Å²) in [5.74, 6) is 0. The smallest absolute Gasteiger partial charge is 0.291 e. The summed E-state index contributed by atoms with van der Waals surface area (Å²) in [5.41, 5.74) is 0. The molecule has 0 aliphatic heterocycles. The molecular formula is C2H2F2O2. The highest BCUT2D eigenvalue weighted by Crippen LogP contribution is 2.07. The van der Waals surface area contributed by atoms with Crippen LogP contribution in [0.3, 0.4) is 0 Å². The predicted molar refractivity (Wildman–Crippen MR) is 12.1 cm³/mol. The standard InChI is InChI=1S/C2H2F2O2/c1-6-2(3,4)5/h1H2. The largest absolute Gasteiger partial charge is 0.512 e. The van der Waals surface area contributed by atoms with Crippen LogP contribution in [0.4, 0.5) is 8.78 Å². The Balaban J connectivity index is 3.17. The summed E-state index contributed by atoms with van der Waals surface area (Å²) in [5, 5.41) is 8.85. The summed E-state index contributed by atoms with van der Waals surface area (Å²) >= 11 is 0. The van der Waals surface area contributed by atoms with Crippen molar-refractivity contribution in [2.24, 2.45) is 0 Å². The van der Waals surface area contributed by atoms with Gasteiger partial charge in [0.25, 0.3) is 0 Å². The Morgan fingerprint density at radius 3 is 1.83 bits per heavy atom. The third-order valence-electron chi connectivity index (χ3n) is 0.168. The number of ether oxygens (including phenoxy) is 1. The molecule has 0 aliphatic carbocycles. The highest BCUT2D eigenvalue weighted by molar-refractivity contribution is 4.17. The molecule has 36 valence electrons. The lowest BCUT2D eigenvalue weighted by Gasteiger charge is -1.97. The monoisotopic (exact) mass is 96.0 g/mol. The van der Waals surface area contributed by atoms with Crippen molar-refractivity contribution in [3.05, 3.63) is 7.11 Å². The van der Waals surface area contributed by atoms with Gasteiger partial charge in [0, 0.05) is 0 Å². The molecule has 0 saturated heterocycles. The van der Waals surface area contributed by atoms with E-state index in [4.69, 9.17) is 5.11 Å². The first-order valence-corrected chi connectivity index (χ1v) is 1.07. The van der Waals surface area contributed by atoms with Gasteiger partial charge in [-0.25, -0.2) is 0 Å². The van der Waals surface area contributed by atoms with Gasteiger partial charge in [0.1, 0.15) is 0 Å². The molecule has 0 bridgehead atoms. The zero-order valence-electron chi connectivity index (χ0n) is 2.78. The molecule has 0 aromatic heterocycles. The second kappa shape index (κ2) is 1.49. The van der Waals surface area contributed by atoms with Gasteiger partial charge in [0.2, 0.25) is 0 Å². The summed E-state index contributed by atoms with van der Waals surface area (Å²) in [6.07, 6.45) is -4.32. The summed E-state index contributed by atoms with van der Waals surface area (Å²) < 4.78 is 24.0. The molecule has 0 heterocycles. The van der Waals surface area contributed by atoms with Gasteiger partial charge < -0.3 is 0 Å². The molecule has 2 nitrogen and oxygen atoms in total. The minimum atomic E-state index is -4.32. The van der Waals surface area contributed by atoms with E-state index in [2.05, 4.69) is 11.8 Å². The van der Waals surface area contributed by atoms with Crippen LogP contribution in [-0.2, 0) is 9.84 Å². The number of hydrogen-bond acceptors (Lipinski definition) is 1. The van der Waals surface area contributed by atoms with Crippen molar-refractivity contribution >= 4 is 0 Å². The van der Waals surface area contributed by atoms with Gasteiger partial charge in [-0.05, 0) is 0 Å². The fraction of sp³-hybridized carbons (Fsp3) is 0.500. The first-order chi connectivity index (χ1) is 2.56. The second-order valence-electron chi connectivity index (χ2n) is 0.608. The van der Waals surface area contributed by atoms with Crippen molar-refractivity contribution in [2.45, 2.75) is 6.29 Å². The van der Waals surface area contributed by atoms with Crippen LogP contribution >= 0.6 is 0 Å². The fourth-order valence-corrected chi connectivity index (χ4v) is 0. The molecule has 0 N–H and O–H groups in total. The van der Waals surface area contributed by atoms with Gasteiger partial charge in [0.15, 0.2) is 0 Å². The van der Waals surface area contributed by atoms with Crippen LogP contribution in [0.1, 0.15) is 0 Å². The summed E-state index contributed by atoms with van der Waals surface area (Å²) in [7, 11) is 2.19. The van der Waals surface area contributed by atoms with Crippen LogP contribution < -0.4 is 0 Å². The Bertz CT molecular complexity index is 39.3. The van der Waals surface area contributed by atoms with Gasteiger partial charge in [-0.3, -0.25) is 4.74 Å². The van der Waals surface area contributed by atoms with Gasteiger partial charge in [-0.15, -0.1) is 13.9 Å². The highest BCUT2D eigenvalue weighted by atomic mass is 19.3. The second-order valence-corrected chi connectivity index (χ2v) is 0.608. The summed E-state index contributed by atoms with van der Waals surface area (Å²) in [6.45, 7) is 0. The van der Waals surface area contributed by atoms with E-state index in [9.17, 15) is 8.78 Å². The van der Waals surface area contributed by atoms with Gasteiger partial charge in [-0.2, -0.15) is 0 Å². The molecule has 0 amide bonds. The molecular weight excluding hydrogens is 94.0 g/mol. The van der Waals surface area contributed by atoms with Crippen molar-refractivity contribution in [2.75, 3.05) is 0 Å². The Morgan fingerprint density at radius 2 is 1.83 bits per heavy atom. The molecule has 0 aliphatic rings. The average molecular weight is 96.0 g/mol. The first-order valence-electron chi connectivity index (χ1n) is 1.07. The molecule has 6 heavy (non-hydrogen) atoms. The first kappa shape index (κ1) is 5.78. The van der Waals surface area contributed by atoms with E-state index in [0.29, 0.717) is 0 Å². The lowest BCUT2D eigenvalue weighted by atomic mass is 11.3. The minimum Gasteiger partial charge on any atom is -0.291 e. The summed E-state index contributed by atoms with van der Waals surface area (Å²) in [6, 6.07) is 0. The minimum absolute atomic E-state index is 2.19. The van der Waals surface area contributed by atoms with E-state index in [1.54, 1.807) is 0 Å². The Kier molecular flexibility index (Phi) is 1.43. The van der Waals surface area contributed by atoms with Crippen LogP contribution in [-0.4, -0.2) is 6.29 Å². The maximum absolute atomic E-state index is 10.6. The maximum atomic E-state index is 10.6. The maximum Gasteiger partial charge on any atom is 0.512 e. The zero-order chi connectivity index (χ0) is 5.21. The zero-order valence-corrected chi connectivity index (χ0v) is 2.78. The van der Waals surface area contributed by atoms with Crippen LogP contribution in [0.5, 0.6) is 0 Å². The lowest BCUT2D eigenvalue weighted by Crippen LogP contribution is -2.12. The fourth-order valence-electron chi connectivity index (χ4n) is 0. The van der Waals surface area contributed by atoms with E-state index in [-0.39, 0.29) is 0 Å². The molecule has 0 saturated carbocycles. The third-order valence-corrected chi connectivity index (χ3v) is 0.168. The molecule has 2 radical (unpaired) electrons. The highest BCUT2D eigenvalue weighted by Gasteiger charge is 2.25. The molecule has 0 atom stereocenters. The van der Waals surface area contributed by atoms with Crippen LogP contribution in [0.25, 0.3) is 0 Å². The molecule has 0 rings (SSSR count). The van der Waals surface area contributed by atoms with Gasteiger partial charge in [-0.1, -0.05) is 0 Å².